The Labute approximate surface area is 99.1 Å². The quantitative estimate of drug-likeness (QED) is 0.733. The highest BCUT2D eigenvalue weighted by Crippen LogP contribution is 2.34. The molecule has 0 bridgehead atoms. The summed E-state index contributed by atoms with van der Waals surface area (Å²) in [5, 5.41) is 8.64. The summed E-state index contributed by atoms with van der Waals surface area (Å²) < 4.78 is 39.4. The SMILES string of the molecule is N#Cc1c(Br)ncc(OC(F)(F)F)c1Br. The van der Waals surface area contributed by atoms with E-state index >= 15 is 0 Å². The van der Waals surface area contributed by atoms with Crippen LogP contribution in [0.25, 0.3) is 0 Å². The van der Waals surface area contributed by atoms with Crippen LogP contribution < -0.4 is 4.74 Å². The van der Waals surface area contributed by atoms with Crippen molar-refractivity contribution in [3.63, 3.8) is 0 Å². The van der Waals surface area contributed by atoms with Gasteiger partial charge in [-0.2, -0.15) is 5.26 Å². The maximum Gasteiger partial charge on any atom is 0.573 e. The van der Waals surface area contributed by atoms with Crippen molar-refractivity contribution in [3.05, 3.63) is 20.8 Å². The van der Waals surface area contributed by atoms with E-state index in [4.69, 9.17) is 5.26 Å². The fraction of sp³-hybridized carbons (Fsp3) is 0.143. The van der Waals surface area contributed by atoms with Gasteiger partial charge in [0.15, 0.2) is 5.75 Å². The van der Waals surface area contributed by atoms with Crippen LogP contribution in [0, 0.1) is 11.3 Å². The molecule has 0 aliphatic carbocycles. The van der Waals surface area contributed by atoms with Gasteiger partial charge in [0.2, 0.25) is 0 Å². The highest BCUT2D eigenvalue weighted by molar-refractivity contribution is 9.11. The third-order valence-electron chi connectivity index (χ3n) is 1.27. The lowest BCUT2D eigenvalue weighted by atomic mass is 10.3. The zero-order chi connectivity index (χ0) is 11.6. The second-order valence-electron chi connectivity index (χ2n) is 2.26. The number of alkyl halides is 3. The summed E-state index contributed by atoms with van der Waals surface area (Å²) in [6.45, 7) is 0. The Morgan fingerprint density at radius 3 is 2.47 bits per heavy atom. The van der Waals surface area contributed by atoms with Crippen molar-refractivity contribution < 1.29 is 17.9 Å². The molecule has 0 saturated carbocycles. The van der Waals surface area contributed by atoms with Crippen molar-refractivity contribution in [1.82, 2.24) is 4.98 Å². The van der Waals surface area contributed by atoms with Gasteiger partial charge in [0.05, 0.1) is 10.7 Å². The summed E-state index contributed by atoms with van der Waals surface area (Å²) >= 11 is 5.75. The van der Waals surface area contributed by atoms with E-state index in [1.165, 1.54) is 0 Å². The molecule has 0 atom stereocenters. The van der Waals surface area contributed by atoms with E-state index in [2.05, 4.69) is 41.6 Å². The largest absolute Gasteiger partial charge is 0.573 e. The Morgan fingerprint density at radius 2 is 2.00 bits per heavy atom. The van der Waals surface area contributed by atoms with Crippen molar-refractivity contribution in [2.45, 2.75) is 6.36 Å². The maximum atomic E-state index is 11.9. The van der Waals surface area contributed by atoms with Gasteiger partial charge in [-0.15, -0.1) is 13.2 Å². The third-order valence-corrected chi connectivity index (χ3v) is 2.66. The Hall–Kier alpha value is -0.810. The number of nitriles is 1. The number of hydrogen-bond donors (Lipinski definition) is 0. The molecule has 0 aromatic carbocycles. The molecule has 15 heavy (non-hydrogen) atoms. The predicted molar refractivity (Wildman–Crippen MR) is 51.0 cm³/mol. The van der Waals surface area contributed by atoms with E-state index in [-0.39, 0.29) is 14.6 Å². The van der Waals surface area contributed by atoms with Crippen LogP contribution in [0.15, 0.2) is 15.3 Å². The lowest BCUT2D eigenvalue weighted by molar-refractivity contribution is -0.275. The van der Waals surface area contributed by atoms with Crippen LogP contribution in [0.3, 0.4) is 0 Å². The molecule has 3 nitrogen and oxygen atoms in total. The average molecular weight is 346 g/mol. The Morgan fingerprint density at radius 1 is 1.40 bits per heavy atom. The average Bonchev–Trinajstić information content (AvgIpc) is 2.09. The zero-order valence-electron chi connectivity index (χ0n) is 6.77. The minimum atomic E-state index is -4.81. The van der Waals surface area contributed by atoms with Gasteiger partial charge in [0, 0.05) is 0 Å². The van der Waals surface area contributed by atoms with E-state index in [0.29, 0.717) is 0 Å². The normalized spacial score (nSPS) is 10.9. The molecule has 0 spiro atoms. The molecule has 0 aliphatic rings. The second-order valence-corrected chi connectivity index (χ2v) is 3.81. The zero-order valence-corrected chi connectivity index (χ0v) is 9.94. The summed E-state index contributed by atoms with van der Waals surface area (Å²) in [6.07, 6.45) is -3.95. The molecule has 0 fully saturated rings. The lowest BCUT2D eigenvalue weighted by Gasteiger charge is -2.10. The van der Waals surface area contributed by atoms with E-state index < -0.39 is 12.1 Å². The first-order chi connectivity index (χ1) is 6.85. The van der Waals surface area contributed by atoms with Crippen molar-refractivity contribution in [1.29, 1.82) is 5.26 Å². The molecular weight excluding hydrogens is 345 g/mol. The van der Waals surface area contributed by atoms with E-state index in [1.54, 1.807) is 6.07 Å². The van der Waals surface area contributed by atoms with E-state index in [0.717, 1.165) is 6.20 Å². The molecular formula is C7HBr2F3N2O. The summed E-state index contributed by atoms with van der Waals surface area (Å²) in [5.74, 6) is -0.553. The second kappa shape index (κ2) is 4.37. The monoisotopic (exact) mass is 344 g/mol. The molecule has 0 N–H and O–H groups in total. The number of nitrogens with zero attached hydrogens (tertiary/aromatic N) is 2. The molecule has 1 rings (SSSR count). The molecule has 0 unspecified atom stereocenters. The molecule has 8 heteroatoms. The summed E-state index contributed by atoms with van der Waals surface area (Å²) in [4.78, 5) is 3.53. The van der Waals surface area contributed by atoms with Gasteiger partial charge >= 0.3 is 6.36 Å². The molecule has 1 aromatic heterocycles. The number of ether oxygens (including phenoxy) is 1. The summed E-state index contributed by atoms with van der Waals surface area (Å²) in [6, 6.07) is 1.69. The van der Waals surface area contributed by atoms with Gasteiger partial charge in [-0.3, -0.25) is 0 Å². The molecule has 1 heterocycles. The first-order valence-electron chi connectivity index (χ1n) is 3.35. The Kier molecular flexibility index (Phi) is 3.57. The highest BCUT2D eigenvalue weighted by Gasteiger charge is 2.32. The minimum absolute atomic E-state index is 0.0586. The van der Waals surface area contributed by atoms with Gasteiger partial charge in [0.1, 0.15) is 16.2 Å². The number of halogens is 5. The smallest absolute Gasteiger partial charge is 0.403 e. The Balaban J connectivity index is 3.18. The van der Waals surface area contributed by atoms with Crippen LogP contribution in [0.2, 0.25) is 0 Å². The Bertz CT molecular complexity index is 427. The minimum Gasteiger partial charge on any atom is -0.403 e. The standard InChI is InChI=1S/C7HBr2F3N2O/c8-5-3(1-13)6(9)14-2-4(5)15-7(10,11)12/h2H. The maximum absolute atomic E-state index is 11.9. The number of hydrogen-bond acceptors (Lipinski definition) is 3. The topological polar surface area (TPSA) is 45.9 Å². The first-order valence-corrected chi connectivity index (χ1v) is 4.93. The highest BCUT2D eigenvalue weighted by atomic mass is 79.9. The third kappa shape index (κ3) is 3.07. The van der Waals surface area contributed by atoms with Gasteiger partial charge < -0.3 is 4.74 Å². The van der Waals surface area contributed by atoms with Crippen molar-refractivity contribution >= 4 is 31.9 Å². The lowest BCUT2D eigenvalue weighted by Crippen LogP contribution is -2.17. The molecule has 0 saturated heterocycles. The van der Waals surface area contributed by atoms with Gasteiger partial charge in [-0.05, 0) is 31.9 Å². The predicted octanol–water partition coefficient (Wildman–Crippen LogP) is 3.38. The van der Waals surface area contributed by atoms with Crippen LogP contribution in [-0.4, -0.2) is 11.3 Å². The van der Waals surface area contributed by atoms with Crippen LogP contribution in [0.5, 0.6) is 5.75 Å². The van der Waals surface area contributed by atoms with Gasteiger partial charge in [-0.1, -0.05) is 0 Å². The molecule has 0 amide bonds. The van der Waals surface area contributed by atoms with Crippen LogP contribution in [-0.2, 0) is 0 Å². The van der Waals surface area contributed by atoms with Crippen molar-refractivity contribution in [2.75, 3.05) is 0 Å². The fourth-order valence-electron chi connectivity index (χ4n) is 0.741. The molecule has 1 aromatic rings. The fourth-order valence-corrected chi connectivity index (χ4v) is 1.86. The van der Waals surface area contributed by atoms with E-state index in [9.17, 15) is 13.2 Å². The van der Waals surface area contributed by atoms with Crippen molar-refractivity contribution in [2.24, 2.45) is 0 Å². The van der Waals surface area contributed by atoms with Crippen LogP contribution in [0.4, 0.5) is 13.2 Å². The first kappa shape index (κ1) is 12.3. The summed E-state index contributed by atoms with van der Waals surface area (Å²) in [5.41, 5.74) is -0.0586. The number of pyridine rings is 1. The van der Waals surface area contributed by atoms with Gasteiger partial charge in [0.25, 0.3) is 0 Å². The summed E-state index contributed by atoms with van der Waals surface area (Å²) in [7, 11) is 0. The van der Waals surface area contributed by atoms with Crippen LogP contribution >= 0.6 is 31.9 Å². The number of aromatic nitrogens is 1. The molecule has 0 radical (unpaired) electrons. The van der Waals surface area contributed by atoms with E-state index in [1.807, 2.05) is 0 Å². The van der Waals surface area contributed by atoms with Crippen LogP contribution in [0.1, 0.15) is 5.56 Å². The van der Waals surface area contributed by atoms with Gasteiger partial charge in [-0.25, -0.2) is 4.98 Å². The van der Waals surface area contributed by atoms with Crippen molar-refractivity contribution in [3.8, 4) is 11.8 Å². The molecule has 0 aliphatic heterocycles. The molecule has 80 valence electrons. The number of rotatable bonds is 1.